The number of aryl methyl sites for hydroxylation is 1. The summed E-state index contributed by atoms with van der Waals surface area (Å²) in [6, 6.07) is 4.94. The van der Waals surface area contributed by atoms with E-state index in [0.717, 1.165) is 12.1 Å². The molecule has 0 radical (unpaired) electrons. The summed E-state index contributed by atoms with van der Waals surface area (Å²) in [5, 5.41) is 8.78. The van der Waals surface area contributed by atoms with Crippen molar-refractivity contribution >= 4 is 0 Å². The van der Waals surface area contributed by atoms with Gasteiger partial charge in [-0.2, -0.15) is 18.4 Å². The first kappa shape index (κ1) is 12.2. The highest BCUT2D eigenvalue weighted by molar-refractivity contribution is 5.46. The highest BCUT2D eigenvalue weighted by atomic mass is 19.4. The molecule has 0 fully saturated rings. The van der Waals surface area contributed by atoms with Crippen molar-refractivity contribution in [1.82, 2.24) is 9.55 Å². The Bertz CT molecular complexity index is 620. The number of rotatable bonds is 1. The average Bonchev–Trinajstić information content (AvgIpc) is 2.73. The van der Waals surface area contributed by atoms with Gasteiger partial charge in [-0.1, -0.05) is 0 Å². The zero-order valence-corrected chi connectivity index (χ0v) is 9.36. The van der Waals surface area contributed by atoms with Crippen molar-refractivity contribution in [3.63, 3.8) is 0 Å². The Balaban J connectivity index is 2.63. The van der Waals surface area contributed by atoms with Crippen LogP contribution < -0.4 is 0 Å². The first-order chi connectivity index (χ1) is 8.41. The molecule has 0 unspecified atom stereocenters. The Hall–Kier alpha value is -2.29. The first-order valence-corrected chi connectivity index (χ1v) is 5.04. The third kappa shape index (κ3) is 2.20. The molecule has 92 valence electrons. The van der Waals surface area contributed by atoms with Crippen molar-refractivity contribution < 1.29 is 13.2 Å². The maximum Gasteiger partial charge on any atom is 0.416 e. The molecule has 1 aromatic carbocycles. The predicted molar refractivity (Wildman–Crippen MR) is 58.0 cm³/mol. The van der Waals surface area contributed by atoms with Crippen molar-refractivity contribution in [3.8, 4) is 11.8 Å². The molecular weight excluding hydrogens is 243 g/mol. The average molecular weight is 251 g/mol. The van der Waals surface area contributed by atoms with Crippen LogP contribution in [0.5, 0.6) is 0 Å². The molecule has 2 rings (SSSR count). The van der Waals surface area contributed by atoms with E-state index in [1.165, 1.54) is 16.8 Å². The number of nitrogens with zero attached hydrogens (tertiary/aromatic N) is 3. The van der Waals surface area contributed by atoms with Crippen molar-refractivity contribution in [3.05, 3.63) is 47.5 Å². The fourth-order valence-corrected chi connectivity index (χ4v) is 1.63. The molecule has 0 N–H and O–H groups in total. The van der Waals surface area contributed by atoms with E-state index >= 15 is 0 Å². The molecule has 0 amide bonds. The van der Waals surface area contributed by atoms with Gasteiger partial charge in [0.15, 0.2) is 0 Å². The van der Waals surface area contributed by atoms with Gasteiger partial charge in [0.2, 0.25) is 0 Å². The molecule has 0 aliphatic carbocycles. The van der Waals surface area contributed by atoms with E-state index in [9.17, 15) is 13.2 Å². The minimum absolute atomic E-state index is 0.0343. The Labute approximate surface area is 101 Å². The van der Waals surface area contributed by atoms with Gasteiger partial charge in [0.25, 0.3) is 0 Å². The Morgan fingerprint density at radius 1 is 1.28 bits per heavy atom. The van der Waals surface area contributed by atoms with Crippen LogP contribution in [0.15, 0.2) is 30.6 Å². The third-order valence-corrected chi connectivity index (χ3v) is 2.48. The van der Waals surface area contributed by atoms with Gasteiger partial charge < -0.3 is 4.57 Å². The highest BCUT2D eigenvalue weighted by Gasteiger charge is 2.31. The lowest BCUT2D eigenvalue weighted by molar-refractivity contribution is -0.137. The van der Waals surface area contributed by atoms with Crippen LogP contribution in [0.25, 0.3) is 5.69 Å². The van der Waals surface area contributed by atoms with Crippen LogP contribution in [-0.4, -0.2) is 9.55 Å². The molecule has 1 aromatic heterocycles. The molecule has 0 saturated carbocycles. The lowest BCUT2D eigenvalue weighted by atomic mass is 10.1. The van der Waals surface area contributed by atoms with E-state index in [4.69, 9.17) is 5.26 Å². The number of hydrogen-bond donors (Lipinski definition) is 0. The Kier molecular flexibility index (Phi) is 2.83. The monoisotopic (exact) mass is 251 g/mol. The van der Waals surface area contributed by atoms with Gasteiger partial charge in [0.05, 0.1) is 17.2 Å². The SMILES string of the molecule is Cc1nccn1-c1cc(C#N)cc(C(F)(F)F)c1. The normalized spacial score (nSPS) is 11.3. The van der Waals surface area contributed by atoms with E-state index < -0.39 is 11.7 Å². The standard InChI is InChI=1S/C12H8F3N3/c1-8-17-2-3-18(8)11-5-9(7-16)4-10(6-11)12(13,14)15/h2-6H,1H3. The van der Waals surface area contributed by atoms with Gasteiger partial charge in [0, 0.05) is 18.1 Å². The van der Waals surface area contributed by atoms with Gasteiger partial charge in [-0.25, -0.2) is 4.98 Å². The third-order valence-electron chi connectivity index (χ3n) is 2.48. The van der Waals surface area contributed by atoms with Gasteiger partial charge in [-0.05, 0) is 25.1 Å². The molecule has 0 aliphatic rings. The summed E-state index contributed by atoms with van der Waals surface area (Å²) in [5.74, 6) is 0.554. The second-order valence-electron chi connectivity index (χ2n) is 3.72. The van der Waals surface area contributed by atoms with E-state index in [0.29, 0.717) is 5.82 Å². The molecule has 0 bridgehead atoms. The first-order valence-electron chi connectivity index (χ1n) is 5.04. The summed E-state index contributed by atoms with van der Waals surface area (Å²) in [7, 11) is 0. The number of aromatic nitrogens is 2. The second-order valence-corrected chi connectivity index (χ2v) is 3.72. The summed E-state index contributed by atoms with van der Waals surface area (Å²) in [4.78, 5) is 3.94. The summed E-state index contributed by atoms with van der Waals surface area (Å²) in [6.07, 6.45) is -1.44. The molecule has 0 aliphatic heterocycles. The number of benzene rings is 1. The smallest absolute Gasteiger partial charge is 0.304 e. The van der Waals surface area contributed by atoms with Crippen molar-refractivity contribution in [2.75, 3.05) is 0 Å². The van der Waals surface area contributed by atoms with Crippen molar-refractivity contribution in [1.29, 1.82) is 5.26 Å². The van der Waals surface area contributed by atoms with E-state index in [-0.39, 0.29) is 11.3 Å². The van der Waals surface area contributed by atoms with Crippen molar-refractivity contribution in [2.24, 2.45) is 0 Å². The Morgan fingerprint density at radius 2 is 2.00 bits per heavy atom. The van der Waals surface area contributed by atoms with Crippen LogP contribution in [0.4, 0.5) is 13.2 Å². The number of halogens is 3. The molecule has 0 spiro atoms. The number of imidazole rings is 1. The van der Waals surface area contributed by atoms with Crippen LogP contribution in [0.2, 0.25) is 0 Å². The van der Waals surface area contributed by atoms with Crippen LogP contribution in [0.3, 0.4) is 0 Å². The van der Waals surface area contributed by atoms with Gasteiger partial charge in [-0.15, -0.1) is 0 Å². The molecule has 2 aromatic rings. The molecule has 6 heteroatoms. The molecule has 0 saturated heterocycles. The maximum atomic E-state index is 12.7. The molecule has 1 heterocycles. The zero-order chi connectivity index (χ0) is 13.3. The Morgan fingerprint density at radius 3 is 2.50 bits per heavy atom. The minimum atomic E-state index is -4.48. The second kappa shape index (κ2) is 4.18. The van der Waals surface area contributed by atoms with Crippen LogP contribution in [-0.2, 0) is 6.18 Å². The number of hydrogen-bond acceptors (Lipinski definition) is 2. The quantitative estimate of drug-likeness (QED) is 0.781. The summed E-state index contributed by atoms with van der Waals surface area (Å²) < 4.78 is 39.6. The summed E-state index contributed by atoms with van der Waals surface area (Å²) >= 11 is 0. The topological polar surface area (TPSA) is 41.6 Å². The van der Waals surface area contributed by atoms with Crippen LogP contribution >= 0.6 is 0 Å². The van der Waals surface area contributed by atoms with E-state index in [2.05, 4.69) is 4.98 Å². The van der Waals surface area contributed by atoms with E-state index in [1.54, 1.807) is 19.2 Å². The number of alkyl halides is 3. The summed E-state index contributed by atoms with van der Waals surface area (Å²) in [6.45, 7) is 1.67. The predicted octanol–water partition coefficient (Wildman–Crippen LogP) is 3.07. The number of nitriles is 1. The largest absolute Gasteiger partial charge is 0.416 e. The lowest BCUT2D eigenvalue weighted by Crippen LogP contribution is -2.07. The lowest BCUT2D eigenvalue weighted by Gasteiger charge is -2.11. The van der Waals surface area contributed by atoms with Crippen LogP contribution in [0, 0.1) is 18.3 Å². The minimum Gasteiger partial charge on any atom is -0.304 e. The van der Waals surface area contributed by atoms with Gasteiger partial charge >= 0.3 is 6.18 Å². The highest BCUT2D eigenvalue weighted by Crippen LogP contribution is 2.31. The van der Waals surface area contributed by atoms with E-state index in [1.807, 2.05) is 0 Å². The molecule has 0 atom stereocenters. The zero-order valence-electron chi connectivity index (χ0n) is 9.36. The maximum absolute atomic E-state index is 12.7. The summed E-state index contributed by atoms with van der Waals surface area (Å²) in [5.41, 5.74) is -0.603. The molecule has 18 heavy (non-hydrogen) atoms. The van der Waals surface area contributed by atoms with Crippen LogP contribution in [0.1, 0.15) is 17.0 Å². The molecular formula is C12H8F3N3. The van der Waals surface area contributed by atoms with Gasteiger partial charge in [-0.3, -0.25) is 0 Å². The molecule has 3 nitrogen and oxygen atoms in total. The fraction of sp³-hybridized carbons (Fsp3) is 0.167. The fourth-order valence-electron chi connectivity index (χ4n) is 1.63. The van der Waals surface area contributed by atoms with Crippen molar-refractivity contribution in [2.45, 2.75) is 13.1 Å². The van der Waals surface area contributed by atoms with Gasteiger partial charge in [0.1, 0.15) is 5.82 Å².